The SMILES string of the molecule is CCc1ccccc1C(=O)N1N(C2C3CC4CC(C3)CC2C4)C(=O)C1(C)C. The molecule has 0 atom stereocenters. The molecule has 1 saturated heterocycles. The lowest BCUT2D eigenvalue weighted by Gasteiger charge is -2.65. The maximum atomic E-state index is 13.5. The highest BCUT2D eigenvalue weighted by molar-refractivity contribution is 6.05. The van der Waals surface area contributed by atoms with Gasteiger partial charge >= 0.3 is 0 Å². The van der Waals surface area contributed by atoms with E-state index in [1.54, 1.807) is 5.01 Å². The third-order valence-electron chi connectivity index (χ3n) is 7.76. The molecule has 27 heavy (non-hydrogen) atoms. The molecule has 4 saturated carbocycles. The van der Waals surface area contributed by atoms with Crippen LogP contribution in [-0.2, 0) is 11.2 Å². The number of amides is 2. The molecule has 1 aromatic rings. The van der Waals surface area contributed by atoms with Gasteiger partial charge in [-0.2, -0.15) is 0 Å². The van der Waals surface area contributed by atoms with Crippen LogP contribution in [0.1, 0.15) is 68.8 Å². The smallest absolute Gasteiger partial charge is 0.270 e. The molecule has 0 aromatic heterocycles. The maximum absolute atomic E-state index is 13.5. The lowest BCUT2D eigenvalue weighted by atomic mass is 9.53. The quantitative estimate of drug-likeness (QED) is 0.810. The molecule has 1 aliphatic heterocycles. The Morgan fingerprint density at radius 3 is 2.22 bits per heavy atom. The Hall–Kier alpha value is -1.84. The van der Waals surface area contributed by atoms with E-state index in [0.717, 1.165) is 29.4 Å². The van der Waals surface area contributed by atoms with Crippen molar-refractivity contribution in [1.82, 2.24) is 10.0 Å². The molecule has 0 N–H and O–H groups in total. The van der Waals surface area contributed by atoms with Gasteiger partial charge in [0.15, 0.2) is 0 Å². The molecule has 1 aromatic carbocycles. The van der Waals surface area contributed by atoms with Crippen LogP contribution in [0.5, 0.6) is 0 Å². The summed E-state index contributed by atoms with van der Waals surface area (Å²) in [6, 6.07) is 8.08. The van der Waals surface area contributed by atoms with E-state index in [9.17, 15) is 9.59 Å². The minimum atomic E-state index is -0.743. The lowest BCUT2D eigenvalue weighted by molar-refractivity contribution is -0.230. The highest BCUT2D eigenvalue weighted by Gasteiger charge is 2.62. The Morgan fingerprint density at radius 2 is 1.63 bits per heavy atom. The number of hydrogen-bond acceptors (Lipinski definition) is 2. The molecule has 4 heteroatoms. The topological polar surface area (TPSA) is 40.6 Å². The first-order valence-corrected chi connectivity index (χ1v) is 10.7. The third kappa shape index (κ3) is 2.34. The Bertz CT molecular complexity index is 771. The van der Waals surface area contributed by atoms with Crippen LogP contribution < -0.4 is 0 Å². The van der Waals surface area contributed by atoms with Crippen molar-refractivity contribution >= 4 is 11.8 Å². The van der Waals surface area contributed by atoms with Crippen molar-refractivity contribution in [3.05, 3.63) is 35.4 Å². The summed E-state index contributed by atoms with van der Waals surface area (Å²) in [6.45, 7) is 5.87. The number of carbonyl (C=O) groups excluding carboxylic acids is 2. The highest BCUT2D eigenvalue weighted by atomic mass is 16.2. The van der Waals surface area contributed by atoms with Gasteiger partial charge in [-0.3, -0.25) is 9.59 Å². The van der Waals surface area contributed by atoms with Gasteiger partial charge < -0.3 is 0 Å². The number of hydrazine groups is 1. The summed E-state index contributed by atoms with van der Waals surface area (Å²) in [7, 11) is 0. The molecule has 5 aliphatic rings. The van der Waals surface area contributed by atoms with Gasteiger partial charge in [-0.1, -0.05) is 25.1 Å². The number of aryl methyl sites for hydroxylation is 1. The average molecular weight is 367 g/mol. The zero-order valence-electron chi connectivity index (χ0n) is 16.6. The maximum Gasteiger partial charge on any atom is 0.273 e. The Morgan fingerprint density at radius 1 is 1.04 bits per heavy atom. The molecule has 144 valence electrons. The monoisotopic (exact) mass is 366 g/mol. The number of benzene rings is 1. The summed E-state index contributed by atoms with van der Waals surface area (Å²) in [5.74, 6) is 3.00. The van der Waals surface area contributed by atoms with Gasteiger partial charge in [0.2, 0.25) is 0 Å². The van der Waals surface area contributed by atoms with E-state index in [2.05, 4.69) is 6.92 Å². The van der Waals surface area contributed by atoms with Crippen LogP contribution in [0.15, 0.2) is 24.3 Å². The predicted molar refractivity (Wildman–Crippen MR) is 104 cm³/mol. The van der Waals surface area contributed by atoms with Gasteiger partial charge in [0.05, 0.1) is 6.04 Å². The Labute approximate surface area is 161 Å². The zero-order chi connectivity index (χ0) is 18.9. The van der Waals surface area contributed by atoms with Crippen molar-refractivity contribution in [2.75, 3.05) is 0 Å². The van der Waals surface area contributed by atoms with E-state index in [-0.39, 0.29) is 17.9 Å². The Balaban J connectivity index is 1.49. The van der Waals surface area contributed by atoms with Crippen LogP contribution in [0.4, 0.5) is 0 Å². The minimum absolute atomic E-state index is 0.00847. The molecule has 4 aliphatic carbocycles. The van der Waals surface area contributed by atoms with E-state index in [0.29, 0.717) is 11.8 Å². The van der Waals surface area contributed by atoms with Crippen molar-refractivity contribution in [2.24, 2.45) is 23.7 Å². The molecule has 0 unspecified atom stereocenters. The summed E-state index contributed by atoms with van der Waals surface area (Å²) >= 11 is 0. The second-order valence-corrected chi connectivity index (χ2v) is 9.76. The molecule has 2 amide bonds. The van der Waals surface area contributed by atoms with Crippen LogP contribution in [-0.4, -0.2) is 33.4 Å². The van der Waals surface area contributed by atoms with Gasteiger partial charge in [0.1, 0.15) is 5.54 Å². The summed E-state index contributed by atoms with van der Waals surface area (Å²) < 4.78 is 0. The first-order valence-electron chi connectivity index (χ1n) is 10.7. The summed E-state index contributed by atoms with van der Waals surface area (Å²) in [5.41, 5.74) is 1.06. The number of carbonyl (C=O) groups is 2. The van der Waals surface area contributed by atoms with E-state index in [1.165, 1.54) is 32.1 Å². The number of hydrogen-bond donors (Lipinski definition) is 0. The van der Waals surface area contributed by atoms with Crippen molar-refractivity contribution in [2.45, 2.75) is 70.9 Å². The molecule has 4 bridgehead atoms. The Kier molecular flexibility index (Phi) is 3.73. The average Bonchev–Trinajstić information content (AvgIpc) is 2.65. The zero-order valence-corrected chi connectivity index (χ0v) is 16.6. The van der Waals surface area contributed by atoms with Crippen molar-refractivity contribution < 1.29 is 9.59 Å². The molecule has 5 fully saturated rings. The van der Waals surface area contributed by atoms with Crippen molar-refractivity contribution in [1.29, 1.82) is 0 Å². The van der Waals surface area contributed by atoms with E-state index in [4.69, 9.17) is 0 Å². The van der Waals surface area contributed by atoms with E-state index in [1.807, 2.05) is 43.1 Å². The van der Waals surface area contributed by atoms with Crippen LogP contribution in [0, 0.1) is 23.7 Å². The summed E-state index contributed by atoms with van der Waals surface area (Å²) in [6.07, 6.45) is 7.20. The summed E-state index contributed by atoms with van der Waals surface area (Å²) in [5, 5.41) is 3.69. The second kappa shape index (κ2) is 5.83. The number of rotatable bonds is 3. The fourth-order valence-electron chi connectivity index (χ4n) is 6.75. The first-order chi connectivity index (χ1) is 12.9. The highest BCUT2D eigenvalue weighted by Crippen LogP contribution is 2.57. The van der Waals surface area contributed by atoms with E-state index < -0.39 is 5.54 Å². The van der Waals surface area contributed by atoms with E-state index >= 15 is 0 Å². The third-order valence-corrected chi connectivity index (χ3v) is 7.76. The fourth-order valence-corrected chi connectivity index (χ4v) is 6.75. The van der Waals surface area contributed by atoms with Gasteiger partial charge in [-0.15, -0.1) is 0 Å². The van der Waals surface area contributed by atoms with Gasteiger partial charge in [0, 0.05) is 5.56 Å². The summed E-state index contributed by atoms with van der Waals surface area (Å²) in [4.78, 5) is 26.7. The van der Waals surface area contributed by atoms with Gasteiger partial charge in [-0.05, 0) is 87.7 Å². The first kappa shape index (κ1) is 17.3. The largest absolute Gasteiger partial charge is 0.273 e. The molecule has 0 radical (unpaired) electrons. The van der Waals surface area contributed by atoms with Crippen molar-refractivity contribution in [3.8, 4) is 0 Å². The van der Waals surface area contributed by atoms with Crippen LogP contribution in [0.3, 0.4) is 0 Å². The molecule has 0 spiro atoms. The molecular formula is C23H30N2O2. The molecular weight excluding hydrogens is 336 g/mol. The molecule has 6 rings (SSSR count). The van der Waals surface area contributed by atoms with Gasteiger partial charge in [-0.25, -0.2) is 10.0 Å². The second-order valence-electron chi connectivity index (χ2n) is 9.76. The van der Waals surface area contributed by atoms with Crippen LogP contribution >= 0.6 is 0 Å². The number of nitrogens with zero attached hydrogens (tertiary/aromatic N) is 2. The molecule has 1 heterocycles. The lowest BCUT2D eigenvalue weighted by Crippen LogP contribution is -2.80. The van der Waals surface area contributed by atoms with Crippen LogP contribution in [0.25, 0.3) is 0 Å². The standard InChI is InChI=1S/C23H30N2O2/c1-4-16-7-5-6-8-19(16)21(26)25-23(2,3)22(27)24(25)20-17-10-14-9-15(12-17)13-18(20)11-14/h5-8,14-15,17-18,20H,4,9-13H2,1-3H3. The fraction of sp³-hybridized carbons (Fsp3) is 0.652. The van der Waals surface area contributed by atoms with Crippen LogP contribution in [0.2, 0.25) is 0 Å². The normalized spacial score (nSPS) is 36.1. The molecule has 4 nitrogen and oxygen atoms in total. The minimum Gasteiger partial charge on any atom is -0.270 e. The predicted octanol–water partition coefficient (Wildman–Crippen LogP) is 4.05. The van der Waals surface area contributed by atoms with Gasteiger partial charge in [0.25, 0.3) is 11.8 Å². The van der Waals surface area contributed by atoms with Crippen molar-refractivity contribution in [3.63, 3.8) is 0 Å².